The molecule has 0 bridgehead atoms. The summed E-state index contributed by atoms with van der Waals surface area (Å²) in [5.74, 6) is 0.0104. The summed E-state index contributed by atoms with van der Waals surface area (Å²) in [6.45, 7) is 6.40. The van der Waals surface area contributed by atoms with Crippen LogP contribution >= 0.6 is 0 Å². The van der Waals surface area contributed by atoms with Crippen molar-refractivity contribution in [3.8, 4) is 23.1 Å². The van der Waals surface area contributed by atoms with Crippen LogP contribution in [0.1, 0.15) is 46.5 Å². The van der Waals surface area contributed by atoms with Gasteiger partial charge in [0.2, 0.25) is 5.91 Å². The maximum absolute atomic E-state index is 14.4. The molecule has 0 aliphatic heterocycles. The molecule has 0 radical (unpaired) electrons. The molecule has 0 aliphatic carbocycles. The van der Waals surface area contributed by atoms with Crippen molar-refractivity contribution in [1.29, 1.82) is 0 Å². The fourth-order valence-electron chi connectivity index (χ4n) is 3.38. The van der Waals surface area contributed by atoms with Gasteiger partial charge in [-0.25, -0.2) is 9.07 Å². The number of hydrogen-bond acceptors (Lipinski definition) is 4. The lowest BCUT2D eigenvalue weighted by atomic mass is 9.98. The zero-order valence-corrected chi connectivity index (χ0v) is 18.3. The van der Waals surface area contributed by atoms with Gasteiger partial charge in [0.05, 0.1) is 17.9 Å². The number of anilines is 1. The van der Waals surface area contributed by atoms with E-state index in [0.29, 0.717) is 29.4 Å². The van der Waals surface area contributed by atoms with Crippen LogP contribution in [0.25, 0.3) is 17.1 Å². The Kier molecular flexibility index (Phi) is 7.76. The van der Waals surface area contributed by atoms with Crippen LogP contribution in [0.15, 0.2) is 48.5 Å². The van der Waals surface area contributed by atoms with Crippen LogP contribution in [0.2, 0.25) is 0 Å². The van der Waals surface area contributed by atoms with Gasteiger partial charge in [-0.05, 0) is 56.2 Å². The average molecular weight is 425 g/mol. The number of ether oxygens (including phenoxy) is 1. The molecule has 1 N–H and O–H groups in total. The molecule has 0 aliphatic rings. The van der Waals surface area contributed by atoms with E-state index in [1.807, 2.05) is 38.1 Å². The summed E-state index contributed by atoms with van der Waals surface area (Å²) < 4.78 is 21.4. The van der Waals surface area contributed by atoms with Gasteiger partial charge in [0.1, 0.15) is 5.82 Å². The van der Waals surface area contributed by atoms with Gasteiger partial charge in [0.15, 0.2) is 5.82 Å². The molecular formula is C24H29FN4O2. The van der Waals surface area contributed by atoms with E-state index in [-0.39, 0.29) is 23.7 Å². The third kappa shape index (κ3) is 5.48. The van der Waals surface area contributed by atoms with Gasteiger partial charge in [-0.1, -0.05) is 38.8 Å². The zero-order valence-electron chi connectivity index (χ0n) is 18.3. The summed E-state index contributed by atoms with van der Waals surface area (Å²) in [6, 6.07) is 13.9. The van der Waals surface area contributed by atoms with Crippen molar-refractivity contribution >= 4 is 11.6 Å². The second-order valence-electron chi connectivity index (χ2n) is 7.33. The minimum atomic E-state index is -0.388. The molecule has 3 aromatic rings. The quantitative estimate of drug-likeness (QED) is 0.458. The van der Waals surface area contributed by atoms with Crippen molar-refractivity contribution in [1.82, 2.24) is 14.8 Å². The predicted octanol–water partition coefficient (Wildman–Crippen LogP) is 5.63. The van der Waals surface area contributed by atoms with Crippen molar-refractivity contribution in [3.63, 3.8) is 0 Å². The highest BCUT2D eigenvalue weighted by Gasteiger charge is 2.18. The molecule has 6 nitrogen and oxygen atoms in total. The summed E-state index contributed by atoms with van der Waals surface area (Å²) in [6.07, 6.45) is 3.82. The molecule has 1 aromatic heterocycles. The lowest BCUT2D eigenvalue weighted by Gasteiger charge is -2.15. The molecule has 0 fully saturated rings. The van der Waals surface area contributed by atoms with Crippen LogP contribution in [-0.2, 0) is 4.79 Å². The number of amides is 1. The molecule has 0 saturated carbocycles. The van der Waals surface area contributed by atoms with Gasteiger partial charge >= 0.3 is 6.01 Å². The molecule has 0 unspecified atom stereocenters. The number of carbonyl (C=O) groups is 1. The smallest absolute Gasteiger partial charge is 0.336 e. The monoisotopic (exact) mass is 424 g/mol. The number of rotatable bonds is 10. The van der Waals surface area contributed by atoms with Crippen molar-refractivity contribution in [3.05, 3.63) is 54.3 Å². The molecule has 164 valence electrons. The molecular weight excluding hydrogens is 395 g/mol. The standard InChI is InChI=1S/C24H29FN4O2/c1-4-7-10-17(5-2)23(30)26-18-13-15-19(16-14-18)29-22(27-24(28-29)31-6-3)20-11-8-9-12-21(20)25/h8-9,11-17H,4-7,10H2,1-3H3,(H,26,30)/t17-/m1/s1. The van der Waals surface area contributed by atoms with Crippen LogP contribution < -0.4 is 10.1 Å². The summed E-state index contributed by atoms with van der Waals surface area (Å²) in [4.78, 5) is 16.9. The third-order valence-corrected chi connectivity index (χ3v) is 5.13. The Balaban J connectivity index is 1.85. The second-order valence-corrected chi connectivity index (χ2v) is 7.33. The van der Waals surface area contributed by atoms with Crippen molar-refractivity contribution in [2.45, 2.75) is 46.5 Å². The summed E-state index contributed by atoms with van der Waals surface area (Å²) >= 11 is 0. The number of carbonyl (C=O) groups excluding carboxylic acids is 1. The van der Waals surface area contributed by atoms with Gasteiger partial charge in [-0.3, -0.25) is 4.79 Å². The topological polar surface area (TPSA) is 69.0 Å². The first-order valence-corrected chi connectivity index (χ1v) is 10.8. The lowest BCUT2D eigenvalue weighted by Crippen LogP contribution is -2.22. The lowest BCUT2D eigenvalue weighted by molar-refractivity contribution is -0.120. The molecule has 7 heteroatoms. The molecule has 3 rings (SSSR count). The number of hydrogen-bond donors (Lipinski definition) is 1. The van der Waals surface area contributed by atoms with Crippen LogP contribution in [0.4, 0.5) is 10.1 Å². The first-order chi connectivity index (χ1) is 15.1. The largest absolute Gasteiger partial charge is 0.463 e. The van der Waals surface area contributed by atoms with E-state index >= 15 is 0 Å². The van der Waals surface area contributed by atoms with Crippen molar-refractivity contribution in [2.24, 2.45) is 5.92 Å². The Hall–Kier alpha value is -3.22. The highest BCUT2D eigenvalue weighted by molar-refractivity contribution is 5.92. The van der Waals surface area contributed by atoms with Gasteiger partial charge < -0.3 is 10.1 Å². The third-order valence-electron chi connectivity index (χ3n) is 5.13. The van der Waals surface area contributed by atoms with E-state index in [1.165, 1.54) is 6.07 Å². The zero-order chi connectivity index (χ0) is 22.2. The summed E-state index contributed by atoms with van der Waals surface area (Å²) in [7, 11) is 0. The Morgan fingerprint density at radius 2 is 1.87 bits per heavy atom. The molecule has 1 heterocycles. The Labute approximate surface area is 182 Å². The highest BCUT2D eigenvalue weighted by Crippen LogP contribution is 2.26. The summed E-state index contributed by atoms with van der Waals surface area (Å²) in [5, 5.41) is 7.38. The number of benzene rings is 2. The first kappa shape index (κ1) is 22.5. The number of unbranched alkanes of at least 4 members (excludes halogenated alkanes) is 1. The Morgan fingerprint density at radius 3 is 2.52 bits per heavy atom. The first-order valence-electron chi connectivity index (χ1n) is 10.8. The normalized spacial score (nSPS) is 11.9. The average Bonchev–Trinajstić information content (AvgIpc) is 3.19. The van der Waals surface area contributed by atoms with Gasteiger partial charge in [0, 0.05) is 11.6 Å². The van der Waals surface area contributed by atoms with Gasteiger partial charge in [-0.15, -0.1) is 5.10 Å². The van der Waals surface area contributed by atoms with Crippen LogP contribution in [0.5, 0.6) is 6.01 Å². The second kappa shape index (κ2) is 10.7. The predicted molar refractivity (Wildman–Crippen MR) is 120 cm³/mol. The van der Waals surface area contributed by atoms with E-state index in [4.69, 9.17) is 4.74 Å². The van der Waals surface area contributed by atoms with Gasteiger partial charge in [0.25, 0.3) is 0 Å². The molecule has 31 heavy (non-hydrogen) atoms. The number of nitrogens with one attached hydrogen (secondary N) is 1. The molecule has 0 saturated heterocycles. The van der Waals surface area contributed by atoms with E-state index in [0.717, 1.165) is 25.7 Å². The highest BCUT2D eigenvalue weighted by atomic mass is 19.1. The fraction of sp³-hybridized carbons (Fsp3) is 0.375. The molecule has 1 amide bonds. The van der Waals surface area contributed by atoms with Crippen molar-refractivity contribution < 1.29 is 13.9 Å². The minimum absolute atomic E-state index is 0.0105. The maximum Gasteiger partial charge on any atom is 0.336 e. The van der Waals surface area contributed by atoms with Crippen LogP contribution in [0.3, 0.4) is 0 Å². The fourth-order valence-corrected chi connectivity index (χ4v) is 3.38. The van der Waals surface area contributed by atoms with E-state index in [1.54, 1.807) is 22.9 Å². The van der Waals surface area contributed by atoms with Crippen LogP contribution in [-0.4, -0.2) is 27.3 Å². The minimum Gasteiger partial charge on any atom is -0.463 e. The summed E-state index contributed by atoms with van der Waals surface area (Å²) in [5.41, 5.74) is 1.73. The Bertz CT molecular complexity index is 1000. The number of aromatic nitrogens is 3. The SMILES string of the molecule is CCCC[C@@H](CC)C(=O)Nc1ccc(-n2nc(OCC)nc2-c2ccccc2F)cc1. The Morgan fingerprint density at radius 1 is 1.13 bits per heavy atom. The van der Waals surface area contributed by atoms with E-state index in [9.17, 15) is 9.18 Å². The van der Waals surface area contributed by atoms with E-state index in [2.05, 4.69) is 22.3 Å². The molecule has 0 spiro atoms. The van der Waals surface area contributed by atoms with Crippen molar-refractivity contribution in [2.75, 3.05) is 11.9 Å². The van der Waals surface area contributed by atoms with Gasteiger partial charge in [-0.2, -0.15) is 4.98 Å². The van der Waals surface area contributed by atoms with E-state index < -0.39 is 0 Å². The number of nitrogens with zero attached hydrogens (tertiary/aromatic N) is 3. The van der Waals surface area contributed by atoms with Crippen LogP contribution in [0, 0.1) is 11.7 Å². The molecule has 1 atom stereocenters. The molecule has 2 aromatic carbocycles. The maximum atomic E-state index is 14.4. The number of halogens is 1.